The van der Waals surface area contributed by atoms with Gasteiger partial charge in [0.25, 0.3) is 0 Å². The molecule has 0 aromatic heterocycles. The van der Waals surface area contributed by atoms with Crippen LogP contribution in [0.1, 0.15) is 11.1 Å². The van der Waals surface area contributed by atoms with Gasteiger partial charge in [0.1, 0.15) is 0 Å². The topological polar surface area (TPSA) is 18.5 Å². The highest BCUT2D eigenvalue weighted by molar-refractivity contribution is 7.80. The Morgan fingerprint density at radius 1 is 1.30 bits per heavy atom. The van der Waals surface area contributed by atoms with Crippen LogP contribution in [0.2, 0.25) is 0 Å². The van der Waals surface area contributed by atoms with Gasteiger partial charge in [-0.15, -0.1) is 6.58 Å². The van der Waals surface area contributed by atoms with Crippen molar-refractivity contribution in [1.82, 2.24) is 10.2 Å². The summed E-state index contributed by atoms with van der Waals surface area (Å²) in [6.07, 6.45) is 1.83. The molecule has 0 saturated carbocycles. The molecule has 1 N–H and O–H groups in total. The van der Waals surface area contributed by atoms with Gasteiger partial charge in [-0.05, 0) is 43.3 Å². The average Bonchev–Trinajstić information content (AvgIpc) is 2.47. The average molecular weight is 289 g/mol. The molecule has 2 rings (SSSR count). The van der Waals surface area contributed by atoms with Crippen LogP contribution in [0.15, 0.2) is 30.9 Å². The standard InChI is InChI=1S/C16H23N3S/c1-4-7-17-16(20)19-10-8-18(9-11-19)15-12-13(2)5-6-14(15)3/h4-6,12H,1,7-11H2,2-3H3,(H,17,20). The zero-order chi connectivity index (χ0) is 14.5. The summed E-state index contributed by atoms with van der Waals surface area (Å²) < 4.78 is 0. The molecule has 1 saturated heterocycles. The third-order valence-electron chi connectivity index (χ3n) is 3.67. The van der Waals surface area contributed by atoms with Crippen LogP contribution in [0, 0.1) is 13.8 Å². The van der Waals surface area contributed by atoms with Crippen molar-refractivity contribution >= 4 is 23.0 Å². The molecule has 0 atom stereocenters. The monoisotopic (exact) mass is 289 g/mol. The maximum absolute atomic E-state index is 5.39. The van der Waals surface area contributed by atoms with Gasteiger partial charge in [0, 0.05) is 38.4 Å². The zero-order valence-corrected chi connectivity index (χ0v) is 13.2. The Kier molecular flexibility index (Phi) is 5.01. The zero-order valence-electron chi connectivity index (χ0n) is 12.4. The minimum Gasteiger partial charge on any atom is -0.368 e. The van der Waals surface area contributed by atoms with Gasteiger partial charge in [0.15, 0.2) is 5.11 Å². The summed E-state index contributed by atoms with van der Waals surface area (Å²) in [5.41, 5.74) is 4.02. The van der Waals surface area contributed by atoms with Crippen molar-refractivity contribution in [3.05, 3.63) is 42.0 Å². The van der Waals surface area contributed by atoms with Crippen LogP contribution in [0.5, 0.6) is 0 Å². The van der Waals surface area contributed by atoms with Crippen molar-refractivity contribution < 1.29 is 0 Å². The maximum atomic E-state index is 5.39. The summed E-state index contributed by atoms with van der Waals surface area (Å²) in [4.78, 5) is 4.69. The number of hydrogen-bond acceptors (Lipinski definition) is 2. The van der Waals surface area contributed by atoms with Crippen molar-refractivity contribution in [3.8, 4) is 0 Å². The first-order valence-corrected chi connectivity index (χ1v) is 7.48. The molecule has 4 heteroatoms. The quantitative estimate of drug-likeness (QED) is 0.680. The van der Waals surface area contributed by atoms with Crippen LogP contribution in [0.3, 0.4) is 0 Å². The van der Waals surface area contributed by atoms with Crippen molar-refractivity contribution in [1.29, 1.82) is 0 Å². The molecule has 1 heterocycles. The molecule has 0 unspecified atom stereocenters. The van der Waals surface area contributed by atoms with E-state index in [0.29, 0.717) is 0 Å². The lowest BCUT2D eigenvalue weighted by Gasteiger charge is -2.38. The van der Waals surface area contributed by atoms with Crippen LogP contribution >= 0.6 is 12.2 Å². The molecule has 1 aromatic rings. The van der Waals surface area contributed by atoms with Gasteiger partial charge >= 0.3 is 0 Å². The van der Waals surface area contributed by atoms with Gasteiger partial charge < -0.3 is 15.1 Å². The molecular weight excluding hydrogens is 266 g/mol. The number of anilines is 1. The molecule has 1 fully saturated rings. The van der Waals surface area contributed by atoms with Gasteiger partial charge in [-0.1, -0.05) is 18.2 Å². The number of aryl methyl sites for hydroxylation is 2. The number of nitrogens with zero attached hydrogens (tertiary/aromatic N) is 2. The molecule has 3 nitrogen and oxygen atoms in total. The van der Waals surface area contributed by atoms with E-state index in [4.69, 9.17) is 12.2 Å². The lowest BCUT2D eigenvalue weighted by atomic mass is 10.1. The molecule has 0 aliphatic carbocycles. The third-order valence-corrected chi connectivity index (χ3v) is 4.07. The van der Waals surface area contributed by atoms with E-state index in [0.717, 1.165) is 37.8 Å². The summed E-state index contributed by atoms with van der Waals surface area (Å²) in [7, 11) is 0. The summed E-state index contributed by atoms with van der Waals surface area (Å²) in [5, 5.41) is 4.04. The Hall–Kier alpha value is -1.55. The summed E-state index contributed by atoms with van der Waals surface area (Å²) in [6, 6.07) is 6.65. The summed E-state index contributed by atoms with van der Waals surface area (Å²) in [6.45, 7) is 12.7. The molecule has 1 aliphatic rings. The first-order valence-electron chi connectivity index (χ1n) is 7.07. The molecule has 1 aromatic carbocycles. The van der Waals surface area contributed by atoms with Crippen molar-refractivity contribution in [2.75, 3.05) is 37.6 Å². The first kappa shape index (κ1) is 14.9. The van der Waals surface area contributed by atoms with Gasteiger partial charge in [0.2, 0.25) is 0 Å². The highest BCUT2D eigenvalue weighted by Crippen LogP contribution is 2.22. The van der Waals surface area contributed by atoms with Crippen LogP contribution in [0.25, 0.3) is 0 Å². The lowest BCUT2D eigenvalue weighted by molar-refractivity contribution is 0.381. The molecule has 0 bridgehead atoms. The second-order valence-electron chi connectivity index (χ2n) is 5.24. The van der Waals surface area contributed by atoms with E-state index in [9.17, 15) is 0 Å². The Bertz CT molecular complexity index is 490. The predicted octanol–water partition coefficient (Wildman–Crippen LogP) is 2.49. The SMILES string of the molecule is C=CCNC(=S)N1CCN(c2cc(C)ccc2C)CC1. The van der Waals surface area contributed by atoms with Crippen molar-refractivity contribution in [2.45, 2.75) is 13.8 Å². The molecule has 1 aliphatic heterocycles. The fraction of sp³-hybridized carbons (Fsp3) is 0.438. The van der Waals surface area contributed by atoms with E-state index >= 15 is 0 Å². The normalized spacial score (nSPS) is 15.1. The predicted molar refractivity (Wildman–Crippen MR) is 90.5 cm³/mol. The second kappa shape index (κ2) is 6.75. The number of rotatable bonds is 3. The number of hydrogen-bond donors (Lipinski definition) is 1. The van der Waals surface area contributed by atoms with E-state index < -0.39 is 0 Å². The maximum Gasteiger partial charge on any atom is 0.169 e. The fourth-order valence-corrected chi connectivity index (χ4v) is 2.75. The van der Waals surface area contributed by atoms with Gasteiger partial charge in [-0.3, -0.25) is 0 Å². The summed E-state index contributed by atoms with van der Waals surface area (Å²) in [5.74, 6) is 0. The first-order chi connectivity index (χ1) is 9.61. The number of benzene rings is 1. The number of thiocarbonyl (C=S) groups is 1. The molecule has 0 spiro atoms. The van der Waals surface area contributed by atoms with Gasteiger partial charge in [-0.25, -0.2) is 0 Å². The Labute approximate surface area is 127 Å². The minimum absolute atomic E-state index is 0.732. The Morgan fingerprint density at radius 3 is 2.65 bits per heavy atom. The van der Waals surface area contributed by atoms with Gasteiger partial charge in [0.05, 0.1) is 0 Å². The molecule has 0 amide bonds. The van der Waals surface area contributed by atoms with E-state index in [1.165, 1.54) is 16.8 Å². The van der Waals surface area contributed by atoms with E-state index in [1.807, 2.05) is 6.08 Å². The second-order valence-corrected chi connectivity index (χ2v) is 5.63. The van der Waals surface area contributed by atoms with Crippen LogP contribution in [-0.2, 0) is 0 Å². The summed E-state index contributed by atoms with van der Waals surface area (Å²) >= 11 is 5.39. The van der Waals surface area contributed by atoms with E-state index in [-0.39, 0.29) is 0 Å². The third kappa shape index (κ3) is 3.51. The van der Waals surface area contributed by atoms with Crippen LogP contribution in [0.4, 0.5) is 5.69 Å². The van der Waals surface area contributed by atoms with Crippen LogP contribution < -0.4 is 10.2 Å². The number of piperazine rings is 1. The lowest BCUT2D eigenvalue weighted by Crippen LogP contribution is -2.51. The largest absolute Gasteiger partial charge is 0.368 e. The highest BCUT2D eigenvalue weighted by atomic mass is 32.1. The molecule has 20 heavy (non-hydrogen) atoms. The fourth-order valence-electron chi connectivity index (χ4n) is 2.48. The van der Waals surface area contributed by atoms with Crippen molar-refractivity contribution in [2.24, 2.45) is 0 Å². The van der Waals surface area contributed by atoms with E-state index in [2.05, 4.69) is 53.7 Å². The number of nitrogens with one attached hydrogen (secondary N) is 1. The van der Waals surface area contributed by atoms with Crippen molar-refractivity contribution in [3.63, 3.8) is 0 Å². The minimum atomic E-state index is 0.732. The smallest absolute Gasteiger partial charge is 0.169 e. The van der Waals surface area contributed by atoms with Gasteiger partial charge in [-0.2, -0.15) is 0 Å². The Morgan fingerprint density at radius 2 is 2.00 bits per heavy atom. The Balaban J connectivity index is 1.95. The molecular formula is C16H23N3S. The molecule has 108 valence electrons. The highest BCUT2D eigenvalue weighted by Gasteiger charge is 2.19. The molecule has 0 radical (unpaired) electrons. The van der Waals surface area contributed by atoms with Crippen LogP contribution in [-0.4, -0.2) is 42.7 Å². The van der Waals surface area contributed by atoms with E-state index in [1.54, 1.807) is 0 Å².